The van der Waals surface area contributed by atoms with Crippen LogP contribution >= 0.6 is 27.7 Å². The van der Waals surface area contributed by atoms with Gasteiger partial charge in [0.05, 0.1) is 0 Å². The average molecular weight is 323 g/mol. The summed E-state index contributed by atoms with van der Waals surface area (Å²) in [7, 11) is 0. The Morgan fingerprint density at radius 2 is 1.94 bits per heavy atom. The van der Waals surface area contributed by atoms with Gasteiger partial charge in [0, 0.05) is 33.1 Å². The van der Waals surface area contributed by atoms with E-state index >= 15 is 0 Å². The van der Waals surface area contributed by atoms with Gasteiger partial charge in [0.2, 0.25) is 0 Å². The number of nitrogens with zero attached hydrogens (tertiary/aromatic N) is 1. The molecule has 2 N–H and O–H groups in total. The molecule has 2 aromatic rings. The third-order valence-electron chi connectivity index (χ3n) is 2.57. The maximum absolute atomic E-state index is 6.10. The summed E-state index contributed by atoms with van der Waals surface area (Å²) in [6.45, 7) is 2.04. The lowest BCUT2D eigenvalue weighted by molar-refractivity contribution is 0.720. The Hall–Kier alpha value is -0.840. The molecule has 2 atom stereocenters. The Kier molecular flexibility index (Phi) is 4.80. The predicted molar refractivity (Wildman–Crippen MR) is 80.6 cm³/mol. The second kappa shape index (κ2) is 6.36. The van der Waals surface area contributed by atoms with Gasteiger partial charge in [0.1, 0.15) is 0 Å². The topological polar surface area (TPSA) is 38.9 Å². The quantitative estimate of drug-likeness (QED) is 0.864. The van der Waals surface area contributed by atoms with E-state index in [1.165, 1.54) is 10.5 Å². The van der Waals surface area contributed by atoms with Gasteiger partial charge in [-0.1, -0.05) is 22.0 Å². The van der Waals surface area contributed by atoms with Crippen LogP contribution in [0.25, 0.3) is 0 Å². The molecule has 0 aliphatic carbocycles. The fraction of sp³-hybridized carbons (Fsp3) is 0.214. The van der Waals surface area contributed by atoms with Crippen LogP contribution in [0.5, 0.6) is 0 Å². The van der Waals surface area contributed by atoms with E-state index in [1.54, 1.807) is 11.8 Å². The summed E-state index contributed by atoms with van der Waals surface area (Å²) in [6, 6.07) is 12.4. The first kappa shape index (κ1) is 13.6. The minimum absolute atomic E-state index is 0.0800. The molecule has 18 heavy (non-hydrogen) atoms. The molecule has 2 nitrogen and oxygen atoms in total. The van der Waals surface area contributed by atoms with Crippen LogP contribution in [0.15, 0.2) is 58.2 Å². The smallest absolute Gasteiger partial charge is 0.0493 e. The van der Waals surface area contributed by atoms with Crippen LogP contribution in [0.1, 0.15) is 17.7 Å². The van der Waals surface area contributed by atoms with Crippen molar-refractivity contribution in [2.45, 2.75) is 23.1 Å². The number of hydrogen-bond donors (Lipinski definition) is 1. The molecule has 94 valence electrons. The number of rotatable bonds is 4. The largest absolute Gasteiger partial charge is 0.327 e. The van der Waals surface area contributed by atoms with E-state index in [0.717, 1.165) is 4.47 Å². The van der Waals surface area contributed by atoms with Gasteiger partial charge in [0.15, 0.2) is 0 Å². The van der Waals surface area contributed by atoms with Crippen molar-refractivity contribution >= 4 is 27.7 Å². The molecule has 1 heterocycles. The standard InChI is InChI=1S/C14H15BrN2S/c1-10(16)14(11-5-7-17-8-6-11)18-13-4-2-3-12(15)9-13/h2-10,14H,16H2,1H3. The molecule has 2 unspecified atom stereocenters. The lowest BCUT2D eigenvalue weighted by Crippen LogP contribution is -2.22. The van der Waals surface area contributed by atoms with Crippen molar-refractivity contribution in [3.63, 3.8) is 0 Å². The number of benzene rings is 1. The normalized spacial score (nSPS) is 14.2. The second-order valence-electron chi connectivity index (χ2n) is 4.14. The molecule has 0 radical (unpaired) electrons. The molecule has 1 aromatic heterocycles. The molecule has 0 fully saturated rings. The van der Waals surface area contributed by atoms with E-state index in [0.29, 0.717) is 0 Å². The number of thioether (sulfide) groups is 1. The van der Waals surface area contributed by atoms with Crippen LogP contribution < -0.4 is 5.73 Å². The first-order valence-electron chi connectivity index (χ1n) is 5.74. The lowest BCUT2D eigenvalue weighted by atomic mass is 10.1. The van der Waals surface area contributed by atoms with Crippen molar-refractivity contribution in [2.75, 3.05) is 0 Å². The summed E-state index contributed by atoms with van der Waals surface area (Å²) in [5, 5.41) is 0.238. The van der Waals surface area contributed by atoms with Crippen molar-refractivity contribution in [1.29, 1.82) is 0 Å². The maximum Gasteiger partial charge on any atom is 0.0493 e. The Bertz CT molecular complexity index is 502. The van der Waals surface area contributed by atoms with Crippen LogP contribution in [-0.4, -0.2) is 11.0 Å². The SMILES string of the molecule is CC(N)C(Sc1cccc(Br)c1)c1ccncc1. The Morgan fingerprint density at radius 3 is 2.56 bits per heavy atom. The van der Waals surface area contributed by atoms with Gasteiger partial charge in [0.25, 0.3) is 0 Å². The minimum Gasteiger partial charge on any atom is -0.327 e. The van der Waals surface area contributed by atoms with Crippen molar-refractivity contribution in [1.82, 2.24) is 4.98 Å². The molecular weight excluding hydrogens is 308 g/mol. The van der Waals surface area contributed by atoms with Gasteiger partial charge in [-0.25, -0.2) is 0 Å². The zero-order chi connectivity index (χ0) is 13.0. The second-order valence-corrected chi connectivity index (χ2v) is 6.27. The highest BCUT2D eigenvalue weighted by Gasteiger charge is 2.17. The third kappa shape index (κ3) is 3.57. The first-order chi connectivity index (χ1) is 8.66. The summed E-state index contributed by atoms with van der Waals surface area (Å²) in [4.78, 5) is 5.26. The average Bonchev–Trinajstić information content (AvgIpc) is 2.37. The Balaban J connectivity index is 2.22. The van der Waals surface area contributed by atoms with Crippen molar-refractivity contribution < 1.29 is 0 Å². The van der Waals surface area contributed by atoms with E-state index in [9.17, 15) is 0 Å². The molecule has 0 amide bonds. The summed E-state index contributed by atoms with van der Waals surface area (Å²) in [5.41, 5.74) is 7.31. The monoisotopic (exact) mass is 322 g/mol. The summed E-state index contributed by atoms with van der Waals surface area (Å²) in [5.74, 6) is 0. The zero-order valence-electron chi connectivity index (χ0n) is 10.1. The van der Waals surface area contributed by atoms with Gasteiger partial charge in [-0.15, -0.1) is 11.8 Å². The molecule has 1 aromatic carbocycles. The van der Waals surface area contributed by atoms with E-state index in [1.807, 2.05) is 43.6 Å². The molecule has 0 aliphatic rings. The fourth-order valence-electron chi connectivity index (χ4n) is 1.72. The highest BCUT2D eigenvalue weighted by atomic mass is 79.9. The van der Waals surface area contributed by atoms with Crippen LogP contribution in [0.4, 0.5) is 0 Å². The number of hydrogen-bond acceptors (Lipinski definition) is 3. The van der Waals surface area contributed by atoms with E-state index in [-0.39, 0.29) is 11.3 Å². The van der Waals surface area contributed by atoms with Gasteiger partial charge >= 0.3 is 0 Å². The van der Waals surface area contributed by atoms with Crippen LogP contribution in [0, 0.1) is 0 Å². The Labute approximate surface area is 120 Å². The summed E-state index contributed by atoms with van der Waals surface area (Å²) < 4.78 is 1.09. The van der Waals surface area contributed by atoms with Crippen LogP contribution in [0.2, 0.25) is 0 Å². The maximum atomic E-state index is 6.10. The van der Waals surface area contributed by atoms with E-state index < -0.39 is 0 Å². The van der Waals surface area contributed by atoms with Gasteiger partial charge in [-0.3, -0.25) is 4.98 Å². The molecule has 0 saturated heterocycles. The van der Waals surface area contributed by atoms with E-state index in [2.05, 4.69) is 33.0 Å². The van der Waals surface area contributed by atoms with Crippen molar-refractivity contribution in [2.24, 2.45) is 5.73 Å². The molecule has 2 rings (SSSR count). The molecule has 0 aliphatic heterocycles. The first-order valence-corrected chi connectivity index (χ1v) is 7.42. The Morgan fingerprint density at radius 1 is 1.22 bits per heavy atom. The lowest BCUT2D eigenvalue weighted by Gasteiger charge is -2.20. The van der Waals surface area contributed by atoms with Crippen molar-refractivity contribution in [3.8, 4) is 0 Å². The number of pyridine rings is 1. The predicted octanol–water partition coefficient (Wildman–Crippen LogP) is 4.02. The van der Waals surface area contributed by atoms with Crippen LogP contribution in [-0.2, 0) is 0 Å². The number of aromatic nitrogens is 1. The van der Waals surface area contributed by atoms with Crippen LogP contribution in [0.3, 0.4) is 0 Å². The van der Waals surface area contributed by atoms with E-state index in [4.69, 9.17) is 5.73 Å². The third-order valence-corrected chi connectivity index (χ3v) is 4.55. The molecule has 0 saturated carbocycles. The summed E-state index contributed by atoms with van der Waals surface area (Å²) in [6.07, 6.45) is 3.62. The van der Waals surface area contributed by atoms with Gasteiger partial charge < -0.3 is 5.73 Å². The zero-order valence-corrected chi connectivity index (χ0v) is 12.5. The number of halogens is 1. The van der Waals surface area contributed by atoms with Crippen molar-refractivity contribution in [3.05, 3.63) is 58.8 Å². The minimum atomic E-state index is 0.0800. The molecule has 0 spiro atoms. The number of nitrogens with two attached hydrogens (primary N) is 1. The highest BCUT2D eigenvalue weighted by molar-refractivity contribution is 9.10. The summed E-state index contributed by atoms with van der Waals surface area (Å²) >= 11 is 5.27. The molecule has 4 heteroatoms. The van der Waals surface area contributed by atoms with Gasteiger partial charge in [-0.05, 0) is 42.8 Å². The fourth-order valence-corrected chi connectivity index (χ4v) is 3.42. The molecular formula is C14H15BrN2S. The molecule has 0 bridgehead atoms. The van der Waals surface area contributed by atoms with Gasteiger partial charge in [-0.2, -0.15) is 0 Å². The highest BCUT2D eigenvalue weighted by Crippen LogP contribution is 2.37.